The van der Waals surface area contributed by atoms with Crippen LogP contribution in [-0.2, 0) is 4.74 Å². The molecule has 0 heterocycles. The van der Waals surface area contributed by atoms with Crippen LogP contribution in [0.3, 0.4) is 0 Å². The van der Waals surface area contributed by atoms with Crippen molar-refractivity contribution in [3.8, 4) is 5.75 Å². The second-order valence-corrected chi connectivity index (χ2v) is 6.23. The maximum Gasteiger partial charge on any atom is 1.00 e. The third-order valence-corrected chi connectivity index (χ3v) is 3.09. The molecule has 0 N–H and O–H groups in total. The van der Waals surface area contributed by atoms with Crippen LogP contribution < -0.4 is 28.5 Å². The van der Waals surface area contributed by atoms with Gasteiger partial charge in [0.2, 0.25) is 0 Å². The maximum atomic E-state index is 13.1. The Hall–Kier alpha value is -2.09. The predicted octanol–water partition coefficient (Wildman–Crippen LogP) is 1.79. The molecule has 0 spiro atoms. The quantitative estimate of drug-likeness (QED) is 0.631. The number of rotatable bonds is 4. The number of carbonyl (C=O) groups excluding carboxylic acids is 1. The zero-order valence-corrected chi connectivity index (χ0v) is 15.2. The number of nitrogens with zero attached hydrogens (tertiary/aromatic N) is 1. The molecular formula is C19H21FLiNO3. The van der Waals surface area contributed by atoms with Gasteiger partial charge in [0.05, 0.1) is 12.9 Å². The van der Waals surface area contributed by atoms with E-state index in [1.165, 1.54) is 17.0 Å². The molecule has 25 heavy (non-hydrogen) atoms. The van der Waals surface area contributed by atoms with Crippen molar-refractivity contribution in [1.29, 1.82) is 0 Å². The minimum Gasteiger partial charge on any atom is -0.497 e. The molecule has 0 bridgehead atoms. The standard InChI is InChI=1S/C19H21FNO3.Li/c1-19(2,3)24-18(22)21(13-14-5-7-15(20)8-6-14)16-9-11-17(23-4)12-10-16;/h5-13H,1-4H3;/q-1;+1. The molecule has 0 fully saturated rings. The number of anilines is 1. The van der Waals surface area contributed by atoms with E-state index < -0.39 is 11.7 Å². The van der Waals surface area contributed by atoms with Crippen molar-refractivity contribution >= 4 is 11.8 Å². The number of amides is 1. The second kappa shape index (κ2) is 8.84. The Kier molecular flexibility index (Phi) is 7.41. The molecule has 0 aliphatic rings. The average molecular weight is 337 g/mol. The van der Waals surface area contributed by atoms with Gasteiger partial charge in [0, 0.05) is 5.69 Å². The Morgan fingerprint density at radius 1 is 1.04 bits per heavy atom. The van der Waals surface area contributed by atoms with E-state index in [4.69, 9.17) is 9.47 Å². The van der Waals surface area contributed by atoms with Crippen LogP contribution in [0.15, 0.2) is 48.5 Å². The number of hydrogen-bond acceptors (Lipinski definition) is 3. The number of hydrogen-bond donors (Lipinski definition) is 0. The number of ether oxygens (including phenoxy) is 2. The molecule has 0 saturated carbocycles. The van der Waals surface area contributed by atoms with Gasteiger partial charge in [-0.3, -0.25) is 0 Å². The van der Waals surface area contributed by atoms with Gasteiger partial charge >= 0.3 is 25.0 Å². The predicted molar refractivity (Wildman–Crippen MR) is 91.5 cm³/mol. The van der Waals surface area contributed by atoms with Crippen molar-refractivity contribution < 1.29 is 37.5 Å². The van der Waals surface area contributed by atoms with Gasteiger partial charge in [-0.25, -0.2) is 9.18 Å². The molecule has 0 saturated heterocycles. The zero-order valence-electron chi connectivity index (χ0n) is 15.2. The van der Waals surface area contributed by atoms with E-state index in [9.17, 15) is 9.18 Å². The summed E-state index contributed by atoms with van der Waals surface area (Å²) in [6, 6.07) is 12.9. The van der Waals surface area contributed by atoms with E-state index in [1.54, 1.807) is 70.8 Å². The van der Waals surface area contributed by atoms with Crippen molar-refractivity contribution in [1.82, 2.24) is 0 Å². The van der Waals surface area contributed by atoms with Crippen molar-refractivity contribution in [2.75, 3.05) is 12.0 Å². The molecule has 0 radical (unpaired) electrons. The Morgan fingerprint density at radius 3 is 2.08 bits per heavy atom. The van der Waals surface area contributed by atoms with E-state index in [2.05, 4.69) is 0 Å². The smallest absolute Gasteiger partial charge is 0.497 e. The van der Waals surface area contributed by atoms with E-state index in [0.29, 0.717) is 17.0 Å². The Morgan fingerprint density at radius 2 is 1.60 bits per heavy atom. The summed E-state index contributed by atoms with van der Waals surface area (Å²) in [6.07, 6.45) is -0.517. The third kappa shape index (κ3) is 6.37. The zero-order chi connectivity index (χ0) is 17.7. The first-order valence-electron chi connectivity index (χ1n) is 7.55. The molecule has 2 aromatic rings. The molecule has 0 aromatic heterocycles. The van der Waals surface area contributed by atoms with Crippen LogP contribution in [0.4, 0.5) is 14.9 Å². The van der Waals surface area contributed by atoms with Crippen molar-refractivity contribution in [3.05, 3.63) is 66.5 Å². The van der Waals surface area contributed by atoms with Crippen molar-refractivity contribution in [2.24, 2.45) is 0 Å². The van der Waals surface area contributed by atoms with E-state index >= 15 is 0 Å². The van der Waals surface area contributed by atoms with Gasteiger partial charge < -0.3 is 14.4 Å². The van der Waals surface area contributed by atoms with Gasteiger partial charge in [0.1, 0.15) is 11.4 Å². The van der Waals surface area contributed by atoms with Gasteiger partial charge in [0.15, 0.2) is 0 Å². The molecule has 2 rings (SSSR count). The first-order valence-corrected chi connectivity index (χ1v) is 7.55. The molecule has 4 nitrogen and oxygen atoms in total. The summed E-state index contributed by atoms with van der Waals surface area (Å²) >= 11 is 0. The minimum absolute atomic E-state index is 0. The summed E-state index contributed by atoms with van der Waals surface area (Å²) in [5, 5.41) is 0. The maximum absolute atomic E-state index is 13.1. The first-order chi connectivity index (χ1) is 11.3. The van der Waals surface area contributed by atoms with Gasteiger partial charge in [-0.2, -0.15) is 17.7 Å². The fourth-order valence-corrected chi connectivity index (χ4v) is 1.98. The molecule has 1 amide bonds. The molecule has 128 valence electrons. The Labute approximate surface area is 160 Å². The SMILES string of the molecule is COc1ccc(N([CH-]c2ccc(F)cc2)C(=O)OC(C)(C)C)cc1.[Li+]. The Balaban J connectivity index is 0.00000312. The monoisotopic (exact) mass is 337 g/mol. The molecule has 0 aliphatic carbocycles. The number of benzene rings is 2. The van der Waals surface area contributed by atoms with Gasteiger partial charge in [-0.1, -0.05) is 18.7 Å². The number of methoxy groups -OCH3 is 1. The molecule has 6 heteroatoms. The normalized spacial score (nSPS) is 10.4. The van der Waals surface area contributed by atoms with E-state index in [-0.39, 0.29) is 24.7 Å². The van der Waals surface area contributed by atoms with Crippen LogP contribution in [0.2, 0.25) is 0 Å². The minimum atomic E-state index is -0.627. The van der Waals surface area contributed by atoms with Crippen LogP contribution in [0.1, 0.15) is 26.3 Å². The molecule has 2 aromatic carbocycles. The summed E-state index contributed by atoms with van der Waals surface area (Å²) in [4.78, 5) is 13.9. The van der Waals surface area contributed by atoms with Crippen LogP contribution in [0.25, 0.3) is 0 Å². The third-order valence-electron chi connectivity index (χ3n) is 3.09. The van der Waals surface area contributed by atoms with Crippen LogP contribution >= 0.6 is 0 Å². The average Bonchev–Trinajstić information content (AvgIpc) is 2.53. The van der Waals surface area contributed by atoms with Crippen LogP contribution in [0, 0.1) is 12.4 Å². The Bertz CT molecular complexity index is 681. The van der Waals surface area contributed by atoms with Crippen molar-refractivity contribution in [3.63, 3.8) is 0 Å². The summed E-state index contributed by atoms with van der Waals surface area (Å²) in [5.74, 6) is 0.352. The number of carbonyl (C=O) groups is 1. The molecule has 0 aliphatic heterocycles. The summed E-state index contributed by atoms with van der Waals surface area (Å²) in [5.41, 5.74) is 0.672. The summed E-state index contributed by atoms with van der Waals surface area (Å²) in [7, 11) is 1.57. The van der Waals surface area contributed by atoms with E-state index in [1.807, 2.05) is 0 Å². The fraction of sp³-hybridized carbons (Fsp3) is 0.263. The topological polar surface area (TPSA) is 38.8 Å². The van der Waals surface area contributed by atoms with Gasteiger partial charge in [0.25, 0.3) is 0 Å². The van der Waals surface area contributed by atoms with Gasteiger partial charge in [-0.15, -0.1) is 0 Å². The summed E-state index contributed by atoms with van der Waals surface area (Å²) in [6.45, 7) is 7.01. The van der Waals surface area contributed by atoms with E-state index in [0.717, 1.165) is 0 Å². The van der Waals surface area contributed by atoms with Gasteiger partial charge in [-0.05, 0) is 45.0 Å². The largest absolute Gasteiger partial charge is 1.00 e. The van der Waals surface area contributed by atoms with Crippen LogP contribution in [-0.4, -0.2) is 18.8 Å². The van der Waals surface area contributed by atoms with Crippen molar-refractivity contribution in [2.45, 2.75) is 26.4 Å². The molecule has 0 unspecified atom stereocenters. The second-order valence-electron chi connectivity index (χ2n) is 6.23. The van der Waals surface area contributed by atoms with Crippen LogP contribution in [0.5, 0.6) is 5.75 Å². The summed E-state index contributed by atoms with van der Waals surface area (Å²) < 4.78 is 23.7. The first kappa shape index (κ1) is 21.0. The fourth-order valence-electron chi connectivity index (χ4n) is 1.98. The molecular weight excluding hydrogens is 316 g/mol. The molecule has 0 atom stereocenters. The number of halogens is 1.